The van der Waals surface area contributed by atoms with Gasteiger partial charge in [-0.15, -0.1) is 0 Å². The maximum atomic E-state index is 15.7. The lowest BCUT2D eigenvalue weighted by atomic mass is 9.53. The molecule has 3 aliphatic carbocycles. The van der Waals surface area contributed by atoms with Crippen molar-refractivity contribution in [1.29, 1.82) is 0 Å². The van der Waals surface area contributed by atoms with Gasteiger partial charge >= 0.3 is 0 Å². The van der Waals surface area contributed by atoms with Crippen LogP contribution in [-0.2, 0) is 6.54 Å². The third-order valence-corrected chi connectivity index (χ3v) is 10.8. The van der Waals surface area contributed by atoms with Crippen LogP contribution in [-0.4, -0.2) is 66.9 Å². The first-order valence-electron chi connectivity index (χ1n) is 15.4. The summed E-state index contributed by atoms with van der Waals surface area (Å²) >= 11 is 0. The second-order valence-electron chi connectivity index (χ2n) is 13.3. The van der Waals surface area contributed by atoms with Gasteiger partial charge in [-0.25, -0.2) is 13.9 Å². The number of anilines is 1. The van der Waals surface area contributed by atoms with Crippen molar-refractivity contribution in [1.82, 2.24) is 24.1 Å². The minimum Gasteiger partial charge on any atom is -0.391 e. The fourth-order valence-electron chi connectivity index (χ4n) is 8.39. The molecule has 3 saturated carbocycles. The highest BCUT2D eigenvalue weighted by atomic mass is 19.1. The third kappa shape index (κ3) is 3.57. The number of fused-ring (bicyclic) bond motifs is 2. The number of amides is 1. The van der Waals surface area contributed by atoms with Gasteiger partial charge in [-0.2, -0.15) is 5.10 Å². The Morgan fingerprint density at radius 1 is 1.12 bits per heavy atom. The van der Waals surface area contributed by atoms with E-state index in [4.69, 9.17) is 10.1 Å². The fraction of sp³-hybridized carbons (Fsp3) is 0.531. The second kappa shape index (κ2) is 8.53. The van der Waals surface area contributed by atoms with Crippen molar-refractivity contribution >= 4 is 28.3 Å². The van der Waals surface area contributed by atoms with Crippen molar-refractivity contribution in [2.75, 3.05) is 24.5 Å². The monoisotopic (exact) mass is 554 g/mol. The molecule has 5 fully saturated rings. The third-order valence-electron chi connectivity index (χ3n) is 10.8. The van der Waals surface area contributed by atoms with Crippen molar-refractivity contribution in [2.45, 2.75) is 64.1 Å². The highest BCUT2D eigenvalue weighted by Gasteiger charge is 2.61. The molecule has 8 nitrogen and oxygen atoms in total. The van der Waals surface area contributed by atoms with Crippen LogP contribution in [0.3, 0.4) is 0 Å². The number of β-amino-alcohol motifs (C(OH)–C–C–N with tert-alkyl or cyclic N) is 1. The van der Waals surface area contributed by atoms with Crippen LogP contribution in [0.25, 0.3) is 27.9 Å². The topological polar surface area (TPSA) is 78.9 Å². The van der Waals surface area contributed by atoms with E-state index in [0.717, 1.165) is 78.6 Å². The number of carbonyl (C=O) groups is 1. The number of likely N-dealkylation sites (tertiary alicyclic amines) is 1. The molecule has 5 atom stereocenters. The molecular weight excluding hydrogens is 519 g/mol. The van der Waals surface area contributed by atoms with Gasteiger partial charge in [0.2, 0.25) is 0 Å². The van der Waals surface area contributed by atoms with E-state index in [1.807, 2.05) is 17.9 Å². The maximum absolute atomic E-state index is 15.7. The Bertz CT molecular complexity index is 1740. The standard InChI is InChI=1S/C32H35FN6O2/c1-17-29(35-39-15-22(10-24(33)30(17)39)32(41)38-14-21-9-20-12-25(38)28(20)21)26-11-19-6-7-27(36-8-2-3-23(40)16-36)34-31(19)37(26)13-18-4-5-18/h6-7,10-11,15,18,20-21,23,25,28,40H,2-5,8-9,12-14,16H2,1H3/t20?,21?,23-,25?,28-/m1/s1. The van der Waals surface area contributed by atoms with Gasteiger partial charge in [0.1, 0.15) is 28.5 Å². The largest absolute Gasteiger partial charge is 0.391 e. The van der Waals surface area contributed by atoms with Crippen LogP contribution in [0.4, 0.5) is 10.2 Å². The highest BCUT2D eigenvalue weighted by Crippen LogP contribution is 2.60. The van der Waals surface area contributed by atoms with Gasteiger partial charge in [-0.05, 0) is 93.4 Å². The summed E-state index contributed by atoms with van der Waals surface area (Å²) in [7, 11) is 0. The summed E-state index contributed by atoms with van der Waals surface area (Å²) in [5.41, 5.74) is 4.12. The molecule has 1 N–H and O–H groups in total. The zero-order valence-electron chi connectivity index (χ0n) is 23.3. The molecule has 41 heavy (non-hydrogen) atoms. The van der Waals surface area contributed by atoms with Crippen molar-refractivity contribution in [3.63, 3.8) is 0 Å². The minimum absolute atomic E-state index is 0.0687. The Balaban J connectivity index is 1.12. The van der Waals surface area contributed by atoms with E-state index in [1.54, 1.807) is 10.7 Å². The number of hydrogen-bond donors (Lipinski definition) is 1. The summed E-state index contributed by atoms with van der Waals surface area (Å²) in [6.07, 6.45) is 7.91. The molecule has 2 saturated heterocycles. The average Bonchev–Trinajstić information content (AvgIpc) is 3.61. The number of aryl methyl sites for hydroxylation is 1. The fourth-order valence-corrected chi connectivity index (χ4v) is 8.39. The van der Waals surface area contributed by atoms with Gasteiger partial charge in [0, 0.05) is 49.4 Å². The first kappa shape index (κ1) is 24.2. The van der Waals surface area contributed by atoms with Gasteiger partial charge in [0.15, 0.2) is 0 Å². The number of carbonyl (C=O) groups excluding carboxylic acids is 1. The number of rotatable bonds is 5. The number of halogens is 1. The van der Waals surface area contributed by atoms with E-state index in [0.29, 0.717) is 41.4 Å². The van der Waals surface area contributed by atoms with Crippen LogP contribution in [0, 0.1) is 36.4 Å². The Morgan fingerprint density at radius 2 is 2.00 bits per heavy atom. The molecule has 0 bridgehead atoms. The SMILES string of the molecule is Cc1c(-c2cc3ccc(N4CCC[C@@H](O)C4)nc3n2CC2CC2)nn2cc(C(=O)N3CC4CC5CC3[C@H]54)cc(F)c12. The number of nitrogens with zero attached hydrogens (tertiary/aromatic N) is 6. The van der Waals surface area contributed by atoms with E-state index in [9.17, 15) is 9.90 Å². The number of aliphatic hydroxyl groups excluding tert-OH is 1. The van der Waals surface area contributed by atoms with Gasteiger partial charge in [-0.3, -0.25) is 4.79 Å². The number of aromatic nitrogens is 4. The van der Waals surface area contributed by atoms with Gasteiger partial charge in [0.25, 0.3) is 5.91 Å². The summed E-state index contributed by atoms with van der Waals surface area (Å²) < 4.78 is 19.5. The molecule has 4 aromatic heterocycles. The number of aliphatic hydroxyl groups is 1. The van der Waals surface area contributed by atoms with E-state index in [-0.39, 0.29) is 12.0 Å². The van der Waals surface area contributed by atoms with Crippen molar-refractivity contribution in [2.24, 2.45) is 23.7 Å². The molecule has 0 aromatic carbocycles. The summed E-state index contributed by atoms with van der Waals surface area (Å²) in [4.78, 5) is 22.8. The normalized spacial score (nSPS) is 28.7. The Hall–Kier alpha value is -3.46. The lowest BCUT2D eigenvalue weighted by Crippen LogP contribution is -2.53. The molecule has 0 spiro atoms. The molecule has 9 rings (SSSR count). The zero-order chi connectivity index (χ0) is 27.6. The number of pyridine rings is 2. The lowest BCUT2D eigenvalue weighted by molar-refractivity contribution is -0.0204. The Morgan fingerprint density at radius 3 is 2.78 bits per heavy atom. The van der Waals surface area contributed by atoms with E-state index < -0.39 is 5.82 Å². The molecular formula is C32H35FN6O2. The highest BCUT2D eigenvalue weighted by molar-refractivity contribution is 5.95. The predicted octanol–water partition coefficient (Wildman–Crippen LogP) is 4.65. The smallest absolute Gasteiger partial charge is 0.255 e. The Kier molecular flexibility index (Phi) is 5.03. The van der Waals surface area contributed by atoms with Gasteiger partial charge in [-0.1, -0.05) is 0 Å². The van der Waals surface area contributed by atoms with E-state index in [1.165, 1.54) is 25.3 Å². The van der Waals surface area contributed by atoms with Crippen molar-refractivity contribution in [3.8, 4) is 11.4 Å². The number of piperidine rings is 1. The lowest BCUT2D eigenvalue weighted by Gasteiger charge is -2.52. The molecule has 1 amide bonds. The molecule has 2 aliphatic heterocycles. The summed E-state index contributed by atoms with van der Waals surface area (Å²) in [6.45, 7) is 5.05. The molecule has 6 heterocycles. The molecule has 5 aliphatic rings. The first-order valence-corrected chi connectivity index (χ1v) is 15.4. The van der Waals surface area contributed by atoms with E-state index in [2.05, 4.69) is 21.6 Å². The molecule has 0 radical (unpaired) electrons. The van der Waals surface area contributed by atoms with Crippen LogP contribution in [0.1, 0.15) is 54.4 Å². The minimum atomic E-state index is -0.408. The predicted molar refractivity (Wildman–Crippen MR) is 153 cm³/mol. The van der Waals surface area contributed by atoms with Crippen LogP contribution >= 0.6 is 0 Å². The number of hydrogen-bond acceptors (Lipinski definition) is 5. The van der Waals surface area contributed by atoms with Crippen molar-refractivity contribution < 1.29 is 14.3 Å². The summed E-state index contributed by atoms with van der Waals surface area (Å²) in [6, 6.07) is 8.00. The maximum Gasteiger partial charge on any atom is 0.255 e. The van der Waals surface area contributed by atoms with Gasteiger partial charge < -0.3 is 19.5 Å². The Labute approximate surface area is 237 Å². The summed E-state index contributed by atoms with van der Waals surface area (Å²) in [5.74, 6) is 3.12. The molecule has 3 unspecified atom stereocenters. The average molecular weight is 555 g/mol. The molecule has 9 heteroatoms. The van der Waals surface area contributed by atoms with Crippen LogP contribution in [0.5, 0.6) is 0 Å². The van der Waals surface area contributed by atoms with Gasteiger partial charge in [0.05, 0.1) is 17.4 Å². The van der Waals surface area contributed by atoms with Crippen LogP contribution in [0.2, 0.25) is 0 Å². The quantitative estimate of drug-likeness (QED) is 0.389. The molecule has 4 aromatic rings. The van der Waals surface area contributed by atoms with Crippen molar-refractivity contribution in [3.05, 3.63) is 47.4 Å². The molecule has 212 valence electrons. The van der Waals surface area contributed by atoms with Crippen LogP contribution < -0.4 is 4.90 Å². The first-order chi connectivity index (χ1) is 19.9. The second-order valence-corrected chi connectivity index (χ2v) is 13.3. The zero-order valence-corrected chi connectivity index (χ0v) is 23.3. The van der Waals surface area contributed by atoms with Crippen LogP contribution in [0.15, 0.2) is 30.5 Å². The van der Waals surface area contributed by atoms with E-state index >= 15 is 4.39 Å². The summed E-state index contributed by atoms with van der Waals surface area (Å²) in [5, 5.41) is 16.2.